The summed E-state index contributed by atoms with van der Waals surface area (Å²) < 4.78 is 0. The predicted molar refractivity (Wildman–Crippen MR) is 43.9 cm³/mol. The minimum Gasteiger partial charge on any atom is -0.0530 e. The van der Waals surface area contributed by atoms with Crippen LogP contribution in [0, 0.1) is 11.8 Å². The molecule has 0 aromatic rings. The molecule has 3 aliphatic carbocycles. The SMILES string of the molecule is C1CCC2CCC(C1)CC2. The fraction of sp³-hybridized carbons (Fsp3) is 1.00. The second-order valence-corrected chi connectivity index (χ2v) is 4.17. The van der Waals surface area contributed by atoms with Crippen molar-refractivity contribution in [3.8, 4) is 0 Å². The van der Waals surface area contributed by atoms with E-state index in [1.165, 1.54) is 12.8 Å². The molecule has 2 bridgehead atoms. The molecule has 0 saturated heterocycles. The van der Waals surface area contributed by atoms with Gasteiger partial charge in [-0.1, -0.05) is 51.4 Å². The molecular formula is C10H18. The smallest absolute Gasteiger partial charge is 0.0414 e. The molecule has 0 nitrogen and oxygen atoms in total. The van der Waals surface area contributed by atoms with Crippen LogP contribution in [0.3, 0.4) is 0 Å². The molecule has 0 aromatic heterocycles. The van der Waals surface area contributed by atoms with E-state index in [2.05, 4.69) is 0 Å². The maximum Gasteiger partial charge on any atom is -0.0414 e. The van der Waals surface area contributed by atoms with Crippen LogP contribution < -0.4 is 0 Å². The quantitative estimate of drug-likeness (QED) is 0.481. The first kappa shape index (κ1) is 6.69. The second kappa shape index (κ2) is 2.94. The Bertz CT molecular complexity index is 79.1. The van der Waals surface area contributed by atoms with Gasteiger partial charge in [0.1, 0.15) is 0 Å². The second-order valence-electron chi connectivity index (χ2n) is 4.17. The lowest BCUT2D eigenvalue weighted by Gasteiger charge is -2.31. The molecule has 0 radical (unpaired) electrons. The summed E-state index contributed by atoms with van der Waals surface area (Å²) in [5.74, 6) is 2.27. The van der Waals surface area contributed by atoms with Crippen molar-refractivity contribution in [2.45, 2.75) is 51.4 Å². The van der Waals surface area contributed by atoms with Crippen molar-refractivity contribution in [3.05, 3.63) is 0 Å². The van der Waals surface area contributed by atoms with Crippen molar-refractivity contribution in [1.29, 1.82) is 0 Å². The van der Waals surface area contributed by atoms with E-state index < -0.39 is 0 Å². The average molecular weight is 138 g/mol. The monoisotopic (exact) mass is 138 g/mol. The lowest BCUT2D eigenvalue weighted by Crippen LogP contribution is -2.17. The molecule has 0 amide bonds. The van der Waals surface area contributed by atoms with Crippen LogP contribution in [0.15, 0.2) is 0 Å². The normalized spacial score (nSPS) is 40.8. The number of hydrogen-bond donors (Lipinski definition) is 0. The largest absolute Gasteiger partial charge is 0.0530 e. The molecular weight excluding hydrogens is 120 g/mol. The van der Waals surface area contributed by atoms with E-state index >= 15 is 0 Å². The molecule has 0 atom stereocenters. The maximum atomic E-state index is 1.56. The summed E-state index contributed by atoms with van der Waals surface area (Å²) in [4.78, 5) is 0. The Morgan fingerprint density at radius 1 is 0.500 bits per heavy atom. The van der Waals surface area contributed by atoms with E-state index in [1.54, 1.807) is 38.5 Å². The van der Waals surface area contributed by atoms with Gasteiger partial charge in [-0.2, -0.15) is 0 Å². The van der Waals surface area contributed by atoms with Crippen molar-refractivity contribution in [1.82, 2.24) is 0 Å². The van der Waals surface area contributed by atoms with Gasteiger partial charge in [-0.05, 0) is 11.8 Å². The van der Waals surface area contributed by atoms with Crippen LogP contribution in [-0.4, -0.2) is 0 Å². The number of fused-ring (bicyclic) bond motifs is 5. The summed E-state index contributed by atoms with van der Waals surface area (Å²) in [6.45, 7) is 0. The van der Waals surface area contributed by atoms with Crippen molar-refractivity contribution in [2.24, 2.45) is 11.8 Å². The first-order valence-electron chi connectivity index (χ1n) is 4.95. The Kier molecular flexibility index (Phi) is 1.97. The zero-order chi connectivity index (χ0) is 6.81. The highest BCUT2D eigenvalue weighted by atomic mass is 14.3. The summed E-state index contributed by atoms with van der Waals surface area (Å²) in [6.07, 6.45) is 12.4. The molecule has 3 aliphatic rings. The molecule has 0 heterocycles. The van der Waals surface area contributed by atoms with Gasteiger partial charge < -0.3 is 0 Å². The molecule has 0 aromatic carbocycles. The fourth-order valence-corrected chi connectivity index (χ4v) is 2.67. The molecule has 0 N–H and O–H groups in total. The standard InChI is InChI=1S/C10H18/c1-2-4-10-7-5-9(3-1)6-8-10/h9-10H,1-8H2. The molecule has 0 spiro atoms. The summed E-state index contributed by atoms with van der Waals surface area (Å²) in [7, 11) is 0. The van der Waals surface area contributed by atoms with E-state index in [1.807, 2.05) is 0 Å². The van der Waals surface area contributed by atoms with E-state index in [0.29, 0.717) is 0 Å². The highest BCUT2D eigenvalue weighted by Crippen LogP contribution is 2.37. The molecule has 10 heavy (non-hydrogen) atoms. The van der Waals surface area contributed by atoms with Gasteiger partial charge in [0.25, 0.3) is 0 Å². The third-order valence-electron chi connectivity index (χ3n) is 3.44. The van der Waals surface area contributed by atoms with Crippen molar-refractivity contribution in [3.63, 3.8) is 0 Å². The molecule has 0 heteroatoms. The van der Waals surface area contributed by atoms with E-state index in [-0.39, 0.29) is 0 Å². The number of hydrogen-bond acceptors (Lipinski definition) is 0. The minimum atomic E-state index is 1.14. The van der Waals surface area contributed by atoms with Crippen LogP contribution >= 0.6 is 0 Å². The van der Waals surface area contributed by atoms with Gasteiger partial charge in [0.15, 0.2) is 0 Å². The number of rotatable bonds is 0. The van der Waals surface area contributed by atoms with Crippen LogP contribution in [-0.2, 0) is 0 Å². The first-order valence-corrected chi connectivity index (χ1v) is 4.95. The lowest BCUT2D eigenvalue weighted by molar-refractivity contribution is 0.218. The molecule has 3 rings (SSSR count). The first-order chi connectivity index (χ1) is 4.95. The Hall–Kier alpha value is 0. The molecule has 3 saturated carbocycles. The van der Waals surface area contributed by atoms with Gasteiger partial charge in [-0.15, -0.1) is 0 Å². The van der Waals surface area contributed by atoms with Crippen LogP contribution in [0.2, 0.25) is 0 Å². The van der Waals surface area contributed by atoms with Crippen LogP contribution in [0.5, 0.6) is 0 Å². The maximum absolute atomic E-state index is 1.56. The molecule has 58 valence electrons. The van der Waals surface area contributed by atoms with Crippen LogP contribution in [0.4, 0.5) is 0 Å². The van der Waals surface area contributed by atoms with Crippen molar-refractivity contribution < 1.29 is 0 Å². The molecule has 3 fully saturated rings. The Labute approximate surface area is 64.0 Å². The van der Waals surface area contributed by atoms with E-state index in [0.717, 1.165) is 11.8 Å². The van der Waals surface area contributed by atoms with Crippen molar-refractivity contribution in [2.75, 3.05) is 0 Å². The fourth-order valence-electron chi connectivity index (χ4n) is 2.67. The van der Waals surface area contributed by atoms with Crippen LogP contribution in [0.25, 0.3) is 0 Å². The summed E-state index contributed by atoms with van der Waals surface area (Å²) in [5, 5.41) is 0. The van der Waals surface area contributed by atoms with Gasteiger partial charge in [-0.25, -0.2) is 0 Å². The zero-order valence-corrected chi connectivity index (χ0v) is 6.81. The topological polar surface area (TPSA) is 0 Å². The predicted octanol–water partition coefficient (Wildman–Crippen LogP) is 3.37. The lowest BCUT2D eigenvalue weighted by atomic mass is 9.75. The van der Waals surface area contributed by atoms with Crippen LogP contribution in [0.1, 0.15) is 51.4 Å². The Balaban J connectivity index is 1.94. The zero-order valence-electron chi connectivity index (χ0n) is 6.81. The Morgan fingerprint density at radius 2 is 0.900 bits per heavy atom. The van der Waals surface area contributed by atoms with Gasteiger partial charge in [-0.3, -0.25) is 0 Å². The highest BCUT2D eigenvalue weighted by molar-refractivity contribution is 4.75. The third kappa shape index (κ3) is 1.36. The van der Waals surface area contributed by atoms with E-state index in [4.69, 9.17) is 0 Å². The average Bonchev–Trinajstić information content (AvgIpc) is 1.89. The molecule has 0 unspecified atom stereocenters. The molecule has 0 aliphatic heterocycles. The minimum absolute atomic E-state index is 1.14. The van der Waals surface area contributed by atoms with Crippen molar-refractivity contribution >= 4 is 0 Å². The summed E-state index contributed by atoms with van der Waals surface area (Å²) >= 11 is 0. The van der Waals surface area contributed by atoms with Gasteiger partial charge in [0.2, 0.25) is 0 Å². The van der Waals surface area contributed by atoms with E-state index in [9.17, 15) is 0 Å². The van der Waals surface area contributed by atoms with Gasteiger partial charge >= 0.3 is 0 Å². The Morgan fingerprint density at radius 3 is 1.30 bits per heavy atom. The summed E-state index contributed by atoms with van der Waals surface area (Å²) in [6, 6.07) is 0. The highest BCUT2D eigenvalue weighted by Gasteiger charge is 2.22. The van der Waals surface area contributed by atoms with Gasteiger partial charge in [0.05, 0.1) is 0 Å². The summed E-state index contributed by atoms with van der Waals surface area (Å²) in [5.41, 5.74) is 0. The van der Waals surface area contributed by atoms with Gasteiger partial charge in [0, 0.05) is 0 Å². The third-order valence-corrected chi connectivity index (χ3v) is 3.44.